The number of benzene rings is 1. The van der Waals surface area contributed by atoms with Gasteiger partial charge in [-0.3, -0.25) is 5.32 Å². The van der Waals surface area contributed by atoms with Crippen molar-refractivity contribution in [3.8, 4) is 11.3 Å². The van der Waals surface area contributed by atoms with Crippen LogP contribution in [0.4, 0.5) is 10.7 Å². The molecule has 1 N–H and O–H groups in total. The number of hydrogen-bond donors (Lipinski definition) is 1. The Labute approximate surface area is 133 Å². The van der Waals surface area contributed by atoms with Crippen molar-refractivity contribution in [2.24, 2.45) is 0 Å². The van der Waals surface area contributed by atoms with Crippen molar-refractivity contribution < 1.29 is 19.1 Å². The summed E-state index contributed by atoms with van der Waals surface area (Å²) in [6, 6.07) is 9.12. The molecule has 0 saturated carbocycles. The van der Waals surface area contributed by atoms with Gasteiger partial charge in [0, 0.05) is 5.56 Å². The number of amides is 1. The summed E-state index contributed by atoms with van der Waals surface area (Å²) in [5.74, 6) is -0.475. The molecule has 1 heterocycles. The number of aryl methyl sites for hydroxylation is 1. The van der Waals surface area contributed by atoms with Crippen LogP contribution in [0.25, 0.3) is 11.3 Å². The molecule has 0 atom stereocenters. The normalized spacial score (nSPS) is 10.0. The zero-order valence-corrected chi connectivity index (χ0v) is 13.1. The summed E-state index contributed by atoms with van der Waals surface area (Å²) >= 11 is 0. The smallest absolute Gasteiger partial charge is 0.414 e. The zero-order valence-electron chi connectivity index (χ0n) is 13.1. The molecule has 0 fully saturated rings. The Balaban J connectivity index is 2.53. The summed E-state index contributed by atoms with van der Waals surface area (Å²) in [5, 5.41) is 2.44. The van der Waals surface area contributed by atoms with E-state index in [0.717, 1.165) is 0 Å². The average Bonchev–Trinajstić information content (AvgIpc) is 2.54. The third-order valence-corrected chi connectivity index (χ3v) is 3.02. The second-order valence-corrected chi connectivity index (χ2v) is 4.56. The first-order valence-electron chi connectivity index (χ1n) is 7.03. The Morgan fingerprint density at radius 3 is 2.48 bits per heavy atom. The Kier molecular flexibility index (Phi) is 5.24. The summed E-state index contributed by atoms with van der Waals surface area (Å²) in [7, 11) is 1.29. The lowest BCUT2D eigenvalue weighted by Crippen LogP contribution is -2.18. The molecule has 0 unspecified atom stereocenters. The standard InChI is InChI=1S/C16H17N3O4/c1-4-23-16(21)19-15-17-10(2)12(14(20)22-3)13(18-15)11-8-6-5-7-9-11/h5-9H,4H2,1-3H3,(H,17,18,19,21). The summed E-state index contributed by atoms with van der Waals surface area (Å²) < 4.78 is 9.62. The van der Waals surface area contributed by atoms with Gasteiger partial charge in [-0.15, -0.1) is 0 Å². The van der Waals surface area contributed by atoms with E-state index in [9.17, 15) is 9.59 Å². The molecule has 0 spiro atoms. The van der Waals surface area contributed by atoms with Crippen LogP contribution >= 0.6 is 0 Å². The van der Waals surface area contributed by atoms with Gasteiger partial charge >= 0.3 is 12.1 Å². The number of nitrogens with one attached hydrogen (secondary N) is 1. The maximum absolute atomic E-state index is 12.1. The van der Waals surface area contributed by atoms with Crippen molar-refractivity contribution in [2.75, 3.05) is 19.0 Å². The summed E-state index contributed by atoms with van der Waals surface area (Å²) in [6.07, 6.45) is -0.656. The maximum Gasteiger partial charge on any atom is 0.414 e. The van der Waals surface area contributed by atoms with Crippen LogP contribution in [0, 0.1) is 6.92 Å². The Bertz CT molecular complexity index is 717. The molecule has 1 aromatic heterocycles. The summed E-state index contributed by atoms with van der Waals surface area (Å²) in [5.41, 5.74) is 1.76. The van der Waals surface area contributed by atoms with Crippen LogP contribution in [-0.2, 0) is 9.47 Å². The monoisotopic (exact) mass is 315 g/mol. The van der Waals surface area contributed by atoms with E-state index in [1.807, 2.05) is 30.3 Å². The first-order valence-corrected chi connectivity index (χ1v) is 7.03. The highest BCUT2D eigenvalue weighted by molar-refractivity contribution is 5.97. The first-order chi connectivity index (χ1) is 11.1. The topological polar surface area (TPSA) is 90.4 Å². The Hall–Kier alpha value is -2.96. The van der Waals surface area contributed by atoms with Gasteiger partial charge in [0.1, 0.15) is 5.56 Å². The summed E-state index contributed by atoms with van der Waals surface area (Å²) in [4.78, 5) is 32.0. The molecule has 2 rings (SSSR count). The van der Waals surface area contributed by atoms with Crippen LogP contribution in [0.1, 0.15) is 23.0 Å². The molecule has 7 nitrogen and oxygen atoms in total. The number of esters is 1. The average molecular weight is 315 g/mol. The quantitative estimate of drug-likeness (QED) is 0.872. The van der Waals surface area contributed by atoms with E-state index in [-0.39, 0.29) is 18.1 Å². The molecule has 0 radical (unpaired) electrons. The highest BCUT2D eigenvalue weighted by atomic mass is 16.5. The van der Waals surface area contributed by atoms with Crippen molar-refractivity contribution in [2.45, 2.75) is 13.8 Å². The van der Waals surface area contributed by atoms with Gasteiger partial charge in [0.05, 0.1) is 25.1 Å². The second-order valence-electron chi connectivity index (χ2n) is 4.56. The number of methoxy groups -OCH3 is 1. The Morgan fingerprint density at radius 1 is 1.17 bits per heavy atom. The van der Waals surface area contributed by atoms with E-state index >= 15 is 0 Å². The van der Waals surface area contributed by atoms with Crippen LogP contribution in [0.5, 0.6) is 0 Å². The molecule has 1 amide bonds. The molecule has 0 aliphatic heterocycles. The van der Waals surface area contributed by atoms with Crippen molar-refractivity contribution >= 4 is 18.0 Å². The van der Waals surface area contributed by atoms with E-state index < -0.39 is 12.1 Å². The van der Waals surface area contributed by atoms with Gasteiger partial charge in [-0.25, -0.2) is 19.6 Å². The number of nitrogens with zero attached hydrogens (tertiary/aromatic N) is 2. The maximum atomic E-state index is 12.1. The first kappa shape index (κ1) is 16.4. The molecule has 2 aromatic rings. The van der Waals surface area contributed by atoms with E-state index in [1.54, 1.807) is 13.8 Å². The van der Waals surface area contributed by atoms with Crippen LogP contribution in [0.3, 0.4) is 0 Å². The zero-order chi connectivity index (χ0) is 16.8. The largest absolute Gasteiger partial charge is 0.465 e. The SMILES string of the molecule is CCOC(=O)Nc1nc(C)c(C(=O)OC)c(-c2ccccc2)n1. The van der Waals surface area contributed by atoms with Crippen molar-refractivity contribution in [3.63, 3.8) is 0 Å². The number of anilines is 1. The fourth-order valence-corrected chi connectivity index (χ4v) is 2.04. The van der Waals surface area contributed by atoms with Gasteiger partial charge in [-0.2, -0.15) is 0 Å². The molecule has 0 aliphatic carbocycles. The highest BCUT2D eigenvalue weighted by Gasteiger charge is 2.21. The lowest BCUT2D eigenvalue weighted by molar-refractivity contribution is 0.0600. The van der Waals surface area contributed by atoms with Gasteiger partial charge in [0.15, 0.2) is 0 Å². The number of ether oxygens (including phenoxy) is 2. The predicted octanol–water partition coefficient (Wildman–Crippen LogP) is 2.81. The minimum absolute atomic E-state index is 0.0625. The highest BCUT2D eigenvalue weighted by Crippen LogP contribution is 2.25. The van der Waals surface area contributed by atoms with Crippen LogP contribution in [-0.4, -0.2) is 35.7 Å². The van der Waals surface area contributed by atoms with Crippen LogP contribution in [0.2, 0.25) is 0 Å². The van der Waals surface area contributed by atoms with E-state index in [4.69, 9.17) is 9.47 Å². The lowest BCUT2D eigenvalue weighted by atomic mass is 10.0. The molecule has 1 aromatic carbocycles. The number of rotatable bonds is 4. The van der Waals surface area contributed by atoms with Crippen LogP contribution < -0.4 is 5.32 Å². The molecule has 0 saturated heterocycles. The third kappa shape index (κ3) is 3.82. The predicted molar refractivity (Wildman–Crippen MR) is 84.2 cm³/mol. The number of aromatic nitrogens is 2. The van der Waals surface area contributed by atoms with Crippen LogP contribution in [0.15, 0.2) is 30.3 Å². The number of carbonyl (C=O) groups is 2. The Morgan fingerprint density at radius 2 is 1.87 bits per heavy atom. The number of carbonyl (C=O) groups excluding carboxylic acids is 2. The minimum Gasteiger partial charge on any atom is -0.465 e. The molecule has 0 bridgehead atoms. The van der Waals surface area contributed by atoms with Gasteiger partial charge in [-0.05, 0) is 13.8 Å². The molecular formula is C16H17N3O4. The third-order valence-electron chi connectivity index (χ3n) is 3.02. The summed E-state index contributed by atoms with van der Waals surface area (Å²) in [6.45, 7) is 3.58. The van der Waals surface area contributed by atoms with Gasteiger partial charge < -0.3 is 9.47 Å². The molecular weight excluding hydrogens is 298 g/mol. The van der Waals surface area contributed by atoms with Gasteiger partial charge in [0.25, 0.3) is 0 Å². The van der Waals surface area contributed by atoms with Crippen molar-refractivity contribution in [1.82, 2.24) is 9.97 Å². The molecule has 0 aliphatic rings. The molecule has 7 heteroatoms. The lowest BCUT2D eigenvalue weighted by Gasteiger charge is -2.12. The van der Waals surface area contributed by atoms with E-state index in [2.05, 4.69) is 15.3 Å². The van der Waals surface area contributed by atoms with Gasteiger partial charge in [0.2, 0.25) is 5.95 Å². The van der Waals surface area contributed by atoms with Crippen molar-refractivity contribution in [3.05, 3.63) is 41.6 Å². The van der Waals surface area contributed by atoms with Gasteiger partial charge in [-0.1, -0.05) is 30.3 Å². The van der Waals surface area contributed by atoms with Crippen molar-refractivity contribution in [1.29, 1.82) is 0 Å². The minimum atomic E-state index is -0.656. The molecule has 23 heavy (non-hydrogen) atoms. The second kappa shape index (κ2) is 7.35. The van der Waals surface area contributed by atoms with E-state index in [1.165, 1.54) is 7.11 Å². The fourth-order valence-electron chi connectivity index (χ4n) is 2.04. The molecule has 120 valence electrons. The number of hydrogen-bond acceptors (Lipinski definition) is 6. The fraction of sp³-hybridized carbons (Fsp3) is 0.250. The van der Waals surface area contributed by atoms with E-state index in [0.29, 0.717) is 17.0 Å².